The van der Waals surface area contributed by atoms with Gasteiger partial charge in [0.25, 0.3) is 11.8 Å². The molecule has 164 valence electrons. The summed E-state index contributed by atoms with van der Waals surface area (Å²) in [6.45, 7) is 3.65. The zero-order valence-electron chi connectivity index (χ0n) is 18.4. The van der Waals surface area contributed by atoms with E-state index in [-0.39, 0.29) is 11.8 Å². The molecule has 0 spiro atoms. The number of hydrogen-bond acceptors (Lipinski definition) is 5. The zero-order valence-corrected chi connectivity index (χ0v) is 18.4. The quantitative estimate of drug-likeness (QED) is 0.428. The van der Waals surface area contributed by atoms with Gasteiger partial charge in [-0.1, -0.05) is 18.2 Å². The van der Waals surface area contributed by atoms with Crippen LogP contribution in [0.15, 0.2) is 71.8 Å². The van der Waals surface area contributed by atoms with Crippen LogP contribution in [-0.4, -0.2) is 31.7 Å². The van der Waals surface area contributed by atoms with Crippen molar-refractivity contribution < 1.29 is 19.1 Å². The van der Waals surface area contributed by atoms with Crippen LogP contribution < -0.4 is 20.2 Å². The van der Waals surface area contributed by atoms with Gasteiger partial charge in [-0.05, 0) is 61.9 Å². The summed E-state index contributed by atoms with van der Waals surface area (Å²) in [5, 5.41) is 7.02. The van der Waals surface area contributed by atoms with Crippen molar-refractivity contribution in [2.24, 2.45) is 5.10 Å². The first-order valence-corrected chi connectivity index (χ1v) is 9.97. The van der Waals surface area contributed by atoms with Crippen LogP contribution in [0.2, 0.25) is 0 Å². The summed E-state index contributed by atoms with van der Waals surface area (Å²) < 4.78 is 10.6. The number of hydrazone groups is 1. The lowest BCUT2D eigenvalue weighted by Crippen LogP contribution is -2.19. The molecule has 0 aliphatic heterocycles. The lowest BCUT2D eigenvalue weighted by molar-refractivity contribution is 0.0954. The van der Waals surface area contributed by atoms with E-state index in [0.717, 1.165) is 11.1 Å². The molecular formula is C25H25N3O4. The van der Waals surface area contributed by atoms with Gasteiger partial charge < -0.3 is 14.8 Å². The molecule has 0 saturated heterocycles. The summed E-state index contributed by atoms with van der Waals surface area (Å²) in [6.07, 6.45) is 0. The maximum atomic E-state index is 12.5. The molecule has 0 radical (unpaired) electrons. The largest absolute Gasteiger partial charge is 0.497 e. The van der Waals surface area contributed by atoms with E-state index in [9.17, 15) is 9.59 Å². The standard InChI is InChI=1S/C25H25N3O4/c1-16-7-5-6-8-21(16)25(30)26-19-11-9-18(10-12-19)24(29)28-27-17(2)22-14-13-20(31-3)15-23(22)32-4/h5-15H,1-4H3,(H,26,30)(H,28,29). The van der Waals surface area contributed by atoms with Gasteiger partial charge in [-0.2, -0.15) is 5.10 Å². The van der Waals surface area contributed by atoms with Crippen molar-refractivity contribution in [2.45, 2.75) is 13.8 Å². The van der Waals surface area contributed by atoms with E-state index < -0.39 is 0 Å². The second-order valence-corrected chi connectivity index (χ2v) is 7.05. The monoisotopic (exact) mass is 431 g/mol. The number of carbonyl (C=O) groups is 2. The third-order valence-electron chi connectivity index (χ3n) is 4.92. The number of hydrogen-bond donors (Lipinski definition) is 2. The number of anilines is 1. The van der Waals surface area contributed by atoms with Crippen LogP contribution in [0.25, 0.3) is 0 Å². The van der Waals surface area contributed by atoms with E-state index in [1.165, 1.54) is 0 Å². The molecule has 32 heavy (non-hydrogen) atoms. The molecule has 0 bridgehead atoms. The van der Waals surface area contributed by atoms with Gasteiger partial charge in [-0.25, -0.2) is 5.43 Å². The first-order chi connectivity index (χ1) is 15.4. The number of rotatable bonds is 7. The van der Waals surface area contributed by atoms with Crippen LogP contribution >= 0.6 is 0 Å². The lowest BCUT2D eigenvalue weighted by Gasteiger charge is -2.10. The predicted molar refractivity (Wildman–Crippen MR) is 125 cm³/mol. The Bertz CT molecular complexity index is 1150. The predicted octanol–water partition coefficient (Wildman–Crippen LogP) is 4.42. The number of amides is 2. The van der Waals surface area contributed by atoms with Crippen LogP contribution in [0.1, 0.15) is 38.8 Å². The highest BCUT2D eigenvalue weighted by molar-refractivity contribution is 6.06. The van der Waals surface area contributed by atoms with Crippen LogP contribution in [0.4, 0.5) is 5.69 Å². The normalized spacial score (nSPS) is 10.9. The van der Waals surface area contributed by atoms with Gasteiger partial charge in [0.2, 0.25) is 0 Å². The molecule has 0 aliphatic rings. The van der Waals surface area contributed by atoms with Crippen molar-refractivity contribution in [3.63, 3.8) is 0 Å². The Kier molecular flexibility index (Phi) is 7.23. The molecule has 0 saturated carbocycles. The molecule has 0 atom stereocenters. The molecule has 7 heteroatoms. The highest BCUT2D eigenvalue weighted by atomic mass is 16.5. The number of aryl methyl sites for hydroxylation is 1. The van der Waals surface area contributed by atoms with Gasteiger partial charge in [-0.15, -0.1) is 0 Å². The number of carbonyl (C=O) groups excluding carboxylic acids is 2. The van der Waals surface area contributed by atoms with Gasteiger partial charge in [0.1, 0.15) is 11.5 Å². The zero-order chi connectivity index (χ0) is 23.1. The van der Waals surface area contributed by atoms with Gasteiger partial charge in [0, 0.05) is 28.4 Å². The average Bonchev–Trinajstić information content (AvgIpc) is 2.82. The first kappa shape index (κ1) is 22.6. The molecule has 3 aromatic rings. The first-order valence-electron chi connectivity index (χ1n) is 9.97. The number of ether oxygens (including phenoxy) is 2. The third-order valence-corrected chi connectivity index (χ3v) is 4.92. The molecule has 0 unspecified atom stereocenters. The van der Waals surface area contributed by atoms with E-state index >= 15 is 0 Å². The highest BCUT2D eigenvalue weighted by Gasteiger charge is 2.11. The van der Waals surface area contributed by atoms with Gasteiger partial charge in [0.05, 0.1) is 19.9 Å². The van der Waals surface area contributed by atoms with E-state index in [4.69, 9.17) is 9.47 Å². The third kappa shape index (κ3) is 5.31. The fraction of sp³-hybridized carbons (Fsp3) is 0.160. The maximum Gasteiger partial charge on any atom is 0.271 e. The maximum absolute atomic E-state index is 12.5. The van der Waals surface area contributed by atoms with Gasteiger partial charge in [-0.3, -0.25) is 9.59 Å². The molecule has 7 nitrogen and oxygen atoms in total. The number of benzene rings is 3. The van der Waals surface area contributed by atoms with Crippen molar-refractivity contribution >= 4 is 23.2 Å². The Hall–Kier alpha value is -4.13. The summed E-state index contributed by atoms with van der Waals surface area (Å²) >= 11 is 0. The minimum atomic E-state index is -0.367. The molecule has 3 aromatic carbocycles. The van der Waals surface area contributed by atoms with Crippen molar-refractivity contribution in [3.8, 4) is 11.5 Å². The molecule has 0 aliphatic carbocycles. The van der Waals surface area contributed by atoms with E-state index in [2.05, 4.69) is 15.8 Å². The van der Waals surface area contributed by atoms with Crippen LogP contribution in [0.3, 0.4) is 0 Å². The van der Waals surface area contributed by atoms with Crippen LogP contribution in [0.5, 0.6) is 11.5 Å². The smallest absolute Gasteiger partial charge is 0.271 e. The van der Waals surface area contributed by atoms with Crippen molar-refractivity contribution in [1.29, 1.82) is 0 Å². The second kappa shape index (κ2) is 10.3. The van der Waals surface area contributed by atoms with Crippen LogP contribution in [-0.2, 0) is 0 Å². The topological polar surface area (TPSA) is 89.0 Å². The van der Waals surface area contributed by atoms with Crippen molar-refractivity contribution in [2.75, 3.05) is 19.5 Å². The average molecular weight is 431 g/mol. The Morgan fingerprint density at radius 3 is 2.22 bits per heavy atom. The molecule has 0 fully saturated rings. The Balaban J connectivity index is 1.66. The van der Waals surface area contributed by atoms with Crippen molar-refractivity contribution in [1.82, 2.24) is 5.43 Å². The summed E-state index contributed by atoms with van der Waals surface area (Å²) in [4.78, 5) is 24.9. The minimum Gasteiger partial charge on any atom is -0.497 e. The fourth-order valence-electron chi connectivity index (χ4n) is 3.09. The summed E-state index contributed by atoms with van der Waals surface area (Å²) in [6, 6.07) is 19.3. The van der Waals surface area contributed by atoms with E-state index in [0.29, 0.717) is 34.0 Å². The summed E-state index contributed by atoms with van der Waals surface area (Å²) in [5.74, 6) is 0.688. The Morgan fingerprint density at radius 2 is 1.56 bits per heavy atom. The Labute approximate surface area is 187 Å². The molecule has 0 heterocycles. The highest BCUT2D eigenvalue weighted by Crippen LogP contribution is 2.25. The number of nitrogens with zero attached hydrogens (tertiary/aromatic N) is 1. The van der Waals surface area contributed by atoms with E-state index in [1.54, 1.807) is 63.6 Å². The summed E-state index contributed by atoms with van der Waals surface area (Å²) in [7, 11) is 3.14. The second-order valence-electron chi connectivity index (χ2n) is 7.05. The molecular weight excluding hydrogens is 406 g/mol. The molecule has 3 rings (SSSR count). The fourth-order valence-corrected chi connectivity index (χ4v) is 3.09. The number of nitrogens with one attached hydrogen (secondary N) is 2. The van der Waals surface area contributed by atoms with E-state index in [1.807, 2.05) is 31.2 Å². The van der Waals surface area contributed by atoms with Crippen LogP contribution in [0, 0.1) is 6.92 Å². The van der Waals surface area contributed by atoms with Gasteiger partial charge >= 0.3 is 0 Å². The number of methoxy groups -OCH3 is 2. The Morgan fingerprint density at radius 1 is 0.844 bits per heavy atom. The molecule has 2 amide bonds. The summed E-state index contributed by atoms with van der Waals surface area (Å²) in [5.41, 5.74) is 6.37. The lowest BCUT2D eigenvalue weighted by atomic mass is 10.1. The van der Waals surface area contributed by atoms with Gasteiger partial charge in [0.15, 0.2) is 0 Å². The molecule has 2 N–H and O–H groups in total. The molecule has 0 aromatic heterocycles. The SMILES string of the molecule is COc1ccc(C(C)=NNC(=O)c2ccc(NC(=O)c3ccccc3C)cc2)c(OC)c1. The van der Waals surface area contributed by atoms with Crippen molar-refractivity contribution in [3.05, 3.63) is 89.0 Å². The minimum absolute atomic E-state index is 0.200.